The van der Waals surface area contributed by atoms with E-state index in [0.717, 1.165) is 28.8 Å². The number of nitro groups is 1. The lowest BCUT2D eigenvalue weighted by atomic mass is 10.1. The molecule has 1 atom stereocenters. The van der Waals surface area contributed by atoms with Crippen molar-refractivity contribution < 1.29 is 23.3 Å². The van der Waals surface area contributed by atoms with Crippen LogP contribution in [0, 0.1) is 15.9 Å². The maximum absolute atomic E-state index is 13.5. The molecular formula is C19H14FN3O5S. The van der Waals surface area contributed by atoms with Crippen LogP contribution in [0.2, 0.25) is 0 Å². The molecule has 0 unspecified atom stereocenters. The molecule has 1 aliphatic heterocycles. The highest BCUT2D eigenvalue weighted by atomic mass is 32.1. The van der Waals surface area contributed by atoms with Crippen molar-refractivity contribution in [2.24, 2.45) is 5.10 Å². The van der Waals surface area contributed by atoms with E-state index in [1.54, 1.807) is 12.1 Å². The third-order valence-corrected chi connectivity index (χ3v) is 5.23. The Hall–Kier alpha value is -3.53. The van der Waals surface area contributed by atoms with Gasteiger partial charge in [0.05, 0.1) is 21.8 Å². The zero-order valence-corrected chi connectivity index (χ0v) is 15.7. The van der Waals surface area contributed by atoms with Crippen molar-refractivity contribution >= 4 is 28.6 Å². The van der Waals surface area contributed by atoms with Gasteiger partial charge in [0, 0.05) is 18.6 Å². The molecule has 29 heavy (non-hydrogen) atoms. The van der Waals surface area contributed by atoms with E-state index in [9.17, 15) is 19.3 Å². The number of nitro benzene ring substituents is 1. The number of hydrazone groups is 1. The van der Waals surface area contributed by atoms with E-state index in [-0.39, 0.29) is 5.75 Å². The van der Waals surface area contributed by atoms with Crippen LogP contribution >= 0.6 is 11.3 Å². The van der Waals surface area contributed by atoms with E-state index in [1.165, 1.54) is 22.6 Å². The average molecular weight is 415 g/mol. The molecule has 0 aliphatic carbocycles. The molecular weight excluding hydrogens is 401 g/mol. The minimum Gasteiger partial charge on any atom is -0.477 e. The maximum atomic E-state index is 13.5. The van der Waals surface area contributed by atoms with Gasteiger partial charge in [0.25, 0.3) is 5.91 Å². The lowest BCUT2D eigenvalue weighted by Crippen LogP contribution is -2.31. The maximum Gasteiger partial charge on any atom is 0.311 e. The van der Waals surface area contributed by atoms with Crippen LogP contribution in [0.1, 0.15) is 23.1 Å². The third kappa shape index (κ3) is 3.87. The van der Waals surface area contributed by atoms with Crippen LogP contribution in [0.5, 0.6) is 5.75 Å². The van der Waals surface area contributed by atoms with Gasteiger partial charge in [-0.2, -0.15) is 5.10 Å². The van der Waals surface area contributed by atoms with Crippen LogP contribution in [0.15, 0.2) is 63.6 Å². The highest BCUT2D eigenvalue weighted by Gasteiger charge is 2.35. The molecule has 1 aromatic carbocycles. The SMILES string of the molecule is O=C(COc1cc(F)ccc1[N+](=O)[O-])N1N=C(c2cccs2)C[C@@H]1c1ccco1. The molecule has 2 aromatic heterocycles. The minimum atomic E-state index is -0.703. The second-order valence-corrected chi connectivity index (χ2v) is 7.10. The zero-order chi connectivity index (χ0) is 20.4. The fourth-order valence-corrected chi connectivity index (χ4v) is 3.72. The van der Waals surface area contributed by atoms with Crippen molar-refractivity contribution in [3.63, 3.8) is 0 Å². The Morgan fingerprint density at radius 2 is 2.24 bits per heavy atom. The minimum absolute atomic E-state index is 0.320. The van der Waals surface area contributed by atoms with Crippen LogP contribution in [0.3, 0.4) is 0 Å². The van der Waals surface area contributed by atoms with Gasteiger partial charge in [0.1, 0.15) is 17.6 Å². The molecule has 148 valence electrons. The summed E-state index contributed by atoms with van der Waals surface area (Å²) in [4.78, 5) is 24.1. The molecule has 0 spiro atoms. The van der Waals surface area contributed by atoms with Gasteiger partial charge in [-0.1, -0.05) is 6.07 Å². The molecule has 0 radical (unpaired) electrons. The van der Waals surface area contributed by atoms with E-state index in [2.05, 4.69) is 5.10 Å². The van der Waals surface area contributed by atoms with Gasteiger partial charge < -0.3 is 9.15 Å². The number of hydrogen-bond donors (Lipinski definition) is 0. The first kappa shape index (κ1) is 18.8. The number of carbonyl (C=O) groups is 1. The Morgan fingerprint density at radius 1 is 1.38 bits per heavy atom. The topological polar surface area (TPSA) is 98.2 Å². The van der Waals surface area contributed by atoms with Gasteiger partial charge in [0.15, 0.2) is 6.61 Å². The van der Waals surface area contributed by atoms with Gasteiger partial charge in [-0.05, 0) is 29.6 Å². The molecule has 3 aromatic rings. The summed E-state index contributed by atoms with van der Waals surface area (Å²) in [5.74, 6) is -0.993. The fourth-order valence-electron chi connectivity index (χ4n) is 2.99. The van der Waals surface area contributed by atoms with Crippen LogP contribution in [-0.2, 0) is 4.79 Å². The van der Waals surface area contributed by atoms with Crippen LogP contribution in [0.25, 0.3) is 0 Å². The van der Waals surface area contributed by atoms with Crippen molar-refractivity contribution in [2.75, 3.05) is 6.61 Å². The summed E-state index contributed by atoms with van der Waals surface area (Å²) in [6.45, 7) is -0.539. The Balaban J connectivity index is 1.56. The first-order chi connectivity index (χ1) is 14.0. The van der Waals surface area contributed by atoms with Crippen LogP contribution < -0.4 is 4.74 Å². The Labute approximate surface area is 168 Å². The molecule has 0 saturated heterocycles. The number of benzene rings is 1. The number of rotatable bonds is 6. The molecule has 0 bridgehead atoms. The number of nitrogens with zero attached hydrogens (tertiary/aromatic N) is 3. The Bertz CT molecular complexity index is 1070. The molecule has 0 saturated carbocycles. The quantitative estimate of drug-likeness (QED) is 0.445. The van der Waals surface area contributed by atoms with Gasteiger partial charge in [-0.25, -0.2) is 9.40 Å². The summed E-state index contributed by atoms with van der Waals surface area (Å²) in [6, 6.07) is 9.62. The van der Waals surface area contributed by atoms with Crippen molar-refractivity contribution in [1.29, 1.82) is 0 Å². The summed E-state index contributed by atoms with van der Waals surface area (Å²) in [6.07, 6.45) is 1.97. The first-order valence-electron chi connectivity index (χ1n) is 8.56. The predicted molar refractivity (Wildman–Crippen MR) is 102 cm³/mol. The molecule has 1 aliphatic rings. The summed E-state index contributed by atoms with van der Waals surface area (Å²) >= 11 is 1.50. The molecule has 10 heteroatoms. The zero-order valence-electron chi connectivity index (χ0n) is 14.9. The van der Waals surface area contributed by atoms with Crippen molar-refractivity contribution in [2.45, 2.75) is 12.5 Å². The number of carbonyl (C=O) groups excluding carboxylic acids is 1. The molecule has 8 nitrogen and oxygen atoms in total. The Morgan fingerprint density at radius 3 is 2.93 bits per heavy atom. The van der Waals surface area contributed by atoms with Gasteiger partial charge >= 0.3 is 5.69 Å². The van der Waals surface area contributed by atoms with Crippen LogP contribution in [0.4, 0.5) is 10.1 Å². The van der Waals surface area contributed by atoms with E-state index in [4.69, 9.17) is 9.15 Å². The molecule has 0 N–H and O–H groups in total. The van der Waals surface area contributed by atoms with Gasteiger partial charge in [0.2, 0.25) is 5.75 Å². The lowest BCUT2D eigenvalue weighted by molar-refractivity contribution is -0.385. The lowest BCUT2D eigenvalue weighted by Gasteiger charge is -2.19. The first-order valence-corrected chi connectivity index (χ1v) is 9.44. The van der Waals surface area contributed by atoms with Crippen LogP contribution in [-0.4, -0.2) is 28.2 Å². The summed E-state index contributed by atoms with van der Waals surface area (Å²) in [5, 5.41) is 18.7. The fraction of sp³-hybridized carbons (Fsp3) is 0.158. The van der Waals surface area contributed by atoms with E-state index < -0.39 is 35.0 Å². The number of ether oxygens (including phenoxy) is 1. The third-order valence-electron chi connectivity index (χ3n) is 4.31. The largest absolute Gasteiger partial charge is 0.477 e. The molecule has 4 rings (SSSR count). The number of thiophene rings is 1. The molecule has 3 heterocycles. The van der Waals surface area contributed by atoms with E-state index >= 15 is 0 Å². The Kier molecular flexibility index (Phi) is 5.09. The van der Waals surface area contributed by atoms with Gasteiger partial charge in [-0.15, -0.1) is 11.3 Å². The van der Waals surface area contributed by atoms with Crippen molar-refractivity contribution in [3.05, 3.63) is 80.7 Å². The van der Waals surface area contributed by atoms with Gasteiger partial charge in [-0.3, -0.25) is 14.9 Å². The second kappa shape index (κ2) is 7.84. The second-order valence-electron chi connectivity index (χ2n) is 6.16. The highest BCUT2D eigenvalue weighted by Crippen LogP contribution is 2.34. The van der Waals surface area contributed by atoms with Crippen molar-refractivity contribution in [3.8, 4) is 5.75 Å². The monoisotopic (exact) mass is 415 g/mol. The van der Waals surface area contributed by atoms with E-state index in [0.29, 0.717) is 12.2 Å². The molecule has 0 fully saturated rings. The number of furan rings is 1. The standard InChI is InChI=1S/C19H14FN3O5S/c20-12-5-6-14(23(25)26)17(9-12)28-11-19(24)22-15(16-3-1-7-27-16)10-13(21-22)18-4-2-8-29-18/h1-9,15H,10-11H2/t15-/m1/s1. The number of halogens is 1. The average Bonchev–Trinajstić information content (AvgIpc) is 3.46. The van der Waals surface area contributed by atoms with E-state index in [1.807, 2.05) is 17.5 Å². The smallest absolute Gasteiger partial charge is 0.311 e. The summed E-state index contributed by atoms with van der Waals surface area (Å²) < 4.78 is 24.2. The number of amides is 1. The molecule has 1 amide bonds. The number of hydrogen-bond acceptors (Lipinski definition) is 7. The normalized spacial score (nSPS) is 16.0. The summed E-state index contributed by atoms with van der Waals surface area (Å²) in [7, 11) is 0. The predicted octanol–water partition coefficient (Wildman–Crippen LogP) is 4.15. The summed E-state index contributed by atoms with van der Waals surface area (Å²) in [5.41, 5.74) is 0.303. The van der Waals surface area contributed by atoms with Crippen molar-refractivity contribution in [1.82, 2.24) is 5.01 Å². The highest BCUT2D eigenvalue weighted by molar-refractivity contribution is 7.12.